The summed E-state index contributed by atoms with van der Waals surface area (Å²) in [4.78, 5) is 11.6. The number of carbonyl (C=O) groups is 1. The quantitative estimate of drug-likeness (QED) is 0.614. The maximum atomic E-state index is 11.6. The molecule has 0 atom stereocenters. The van der Waals surface area contributed by atoms with Crippen LogP contribution in [0.2, 0.25) is 0 Å². The lowest BCUT2D eigenvalue weighted by molar-refractivity contribution is -0.0388. The molecule has 3 aromatic carbocycles. The minimum absolute atomic E-state index is 0.284. The van der Waals surface area contributed by atoms with Crippen LogP contribution in [0.5, 0.6) is 5.75 Å². The van der Waals surface area contributed by atoms with Crippen LogP contribution in [-0.2, 0) is 9.47 Å². The second-order valence-corrected chi connectivity index (χ2v) is 7.16. The van der Waals surface area contributed by atoms with Crippen molar-refractivity contribution in [1.82, 2.24) is 0 Å². The smallest absolute Gasteiger partial charge is 0.248 e. The van der Waals surface area contributed by atoms with E-state index >= 15 is 0 Å². The minimum atomic E-state index is -0.423. The van der Waals surface area contributed by atoms with Gasteiger partial charge in [-0.05, 0) is 59.0 Å². The van der Waals surface area contributed by atoms with E-state index in [4.69, 9.17) is 19.9 Å². The van der Waals surface area contributed by atoms with Crippen molar-refractivity contribution in [3.63, 3.8) is 0 Å². The van der Waals surface area contributed by atoms with Gasteiger partial charge < -0.3 is 19.9 Å². The van der Waals surface area contributed by atoms with Crippen LogP contribution in [-0.4, -0.2) is 38.4 Å². The van der Waals surface area contributed by atoms with Gasteiger partial charge in [0.15, 0.2) is 0 Å². The Hall–Kier alpha value is -2.89. The molecule has 1 aliphatic rings. The average Bonchev–Trinajstić information content (AvgIpc) is 2.77. The molecule has 1 saturated heterocycles. The minimum Gasteiger partial charge on any atom is -0.491 e. The van der Waals surface area contributed by atoms with E-state index in [1.54, 1.807) is 6.07 Å². The Labute approximate surface area is 170 Å². The monoisotopic (exact) mass is 391 g/mol. The molecule has 5 heteroatoms. The molecule has 0 unspecified atom stereocenters. The topological polar surface area (TPSA) is 70.8 Å². The Morgan fingerprint density at radius 1 is 1.00 bits per heavy atom. The first kappa shape index (κ1) is 19.4. The summed E-state index contributed by atoms with van der Waals surface area (Å²) < 4.78 is 17.0. The Bertz CT molecular complexity index is 978. The van der Waals surface area contributed by atoms with Crippen molar-refractivity contribution >= 4 is 16.7 Å². The predicted molar refractivity (Wildman–Crippen MR) is 113 cm³/mol. The fraction of sp³-hybridized carbons (Fsp3) is 0.292. The first-order chi connectivity index (χ1) is 14.2. The number of hydrogen-bond acceptors (Lipinski definition) is 4. The molecule has 3 aromatic rings. The summed E-state index contributed by atoms with van der Waals surface area (Å²) in [6.07, 6.45) is 2.19. The van der Waals surface area contributed by atoms with Crippen molar-refractivity contribution in [3.8, 4) is 16.9 Å². The van der Waals surface area contributed by atoms with Gasteiger partial charge in [0.1, 0.15) is 12.4 Å². The number of primary amides is 1. The second kappa shape index (κ2) is 9.07. The zero-order valence-electron chi connectivity index (χ0n) is 16.3. The molecule has 0 bridgehead atoms. The normalized spacial score (nSPS) is 14.8. The number of ether oxygens (including phenoxy) is 3. The third-order valence-corrected chi connectivity index (χ3v) is 5.21. The number of hydrogen-bond donors (Lipinski definition) is 1. The first-order valence-electron chi connectivity index (χ1n) is 9.96. The molecule has 0 aliphatic carbocycles. The van der Waals surface area contributed by atoms with Gasteiger partial charge in [0.2, 0.25) is 5.91 Å². The highest BCUT2D eigenvalue weighted by Crippen LogP contribution is 2.30. The zero-order chi connectivity index (χ0) is 20.1. The third kappa shape index (κ3) is 4.75. The summed E-state index contributed by atoms with van der Waals surface area (Å²) in [6.45, 7) is 2.66. The van der Waals surface area contributed by atoms with E-state index in [0.717, 1.165) is 53.7 Å². The largest absolute Gasteiger partial charge is 0.491 e. The number of rotatable bonds is 7. The van der Waals surface area contributed by atoms with Crippen molar-refractivity contribution in [2.45, 2.75) is 18.9 Å². The Morgan fingerprint density at radius 2 is 1.79 bits per heavy atom. The van der Waals surface area contributed by atoms with Crippen LogP contribution in [0, 0.1) is 0 Å². The first-order valence-corrected chi connectivity index (χ1v) is 9.96. The van der Waals surface area contributed by atoms with Crippen LogP contribution in [0.25, 0.3) is 21.9 Å². The third-order valence-electron chi connectivity index (χ3n) is 5.21. The number of fused-ring (bicyclic) bond motifs is 1. The van der Waals surface area contributed by atoms with E-state index < -0.39 is 5.91 Å². The fourth-order valence-corrected chi connectivity index (χ4v) is 3.63. The predicted octanol–water partition coefficient (Wildman–Crippen LogP) is 4.18. The van der Waals surface area contributed by atoms with Gasteiger partial charge in [-0.2, -0.15) is 0 Å². The van der Waals surface area contributed by atoms with Crippen LogP contribution in [0.3, 0.4) is 0 Å². The zero-order valence-corrected chi connectivity index (χ0v) is 16.3. The Balaban J connectivity index is 1.42. The summed E-state index contributed by atoms with van der Waals surface area (Å²) in [6, 6.07) is 19.6. The highest BCUT2D eigenvalue weighted by molar-refractivity contribution is 6.02. The molecular weight excluding hydrogens is 366 g/mol. The van der Waals surface area contributed by atoms with Crippen LogP contribution in [0.15, 0.2) is 60.7 Å². The molecule has 2 N–H and O–H groups in total. The van der Waals surface area contributed by atoms with Gasteiger partial charge in [-0.1, -0.05) is 36.4 Å². The van der Waals surface area contributed by atoms with E-state index in [1.807, 2.05) is 54.6 Å². The van der Waals surface area contributed by atoms with Crippen LogP contribution in [0.1, 0.15) is 23.2 Å². The summed E-state index contributed by atoms with van der Waals surface area (Å²) in [7, 11) is 0. The maximum Gasteiger partial charge on any atom is 0.248 e. The molecule has 1 amide bonds. The second-order valence-electron chi connectivity index (χ2n) is 7.16. The van der Waals surface area contributed by atoms with E-state index in [2.05, 4.69) is 0 Å². The molecule has 4 rings (SSSR count). The van der Waals surface area contributed by atoms with Crippen molar-refractivity contribution in [1.29, 1.82) is 0 Å². The molecular formula is C24H25NO4. The molecule has 0 saturated carbocycles. The highest BCUT2D eigenvalue weighted by Gasteiger charge is 2.13. The van der Waals surface area contributed by atoms with Crippen molar-refractivity contribution in [2.24, 2.45) is 5.73 Å². The lowest BCUT2D eigenvalue weighted by Gasteiger charge is -2.22. The van der Waals surface area contributed by atoms with Crippen LogP contribution >= 0.6 is 0 Å². The van der Waals surface area contributed by atoms with Crippen molar-refractivity contribution in [3.05, 3.63) is 66.2 Å². The fourth-order valence-electron chi connectivity index (χ4n) is 3.63. The van der Waals surface area contributed by atoms with Crippen LogP contribution < -0.4 is 10.5 Å². The summed E-state index contributed by atoms with van der Waals surface area (Å²) in [5.41, 5.74) is 8.07. The van der Waals surface area contributed by atoms with E-state index in [9.17, 15) is 4.79 Å². The standard InChI is InChI=1S/C24H25NO4/c25-24(26)19-5-4-17-2-1-3-22(23(17)16-19)18-6-8-20(9-7-18)28-14-15-29-21-10-12-27-13-11-21/h1-9,16,21H,10-15H2,(H2,25,26). The van der Waals surface area contributed by atoms with E-state index in [-0.39, 0.29) is 6.10 Å². The van der Waals surface area contributed by atoms with E-state index in [1.165, 1.54) is 0 Å². The number of amides is 1. The molecule has 1 aliphatic heterocycles. The molecule has 0 aromatic heterocycles. The van der Waals surface area contributed by atoms with Gasteiger partial charge in [0.25, 0.3) is 0 Å². The molecule has 150 valence electrons. The van der Waals surface area contributed by atoms with Gasteiger partial charge in [-0.25, -0.2) is 0 Å². The molecule has 0 spiro atoms. The number of nitrogens with two attached hydrogens (primary N) is 1. The Kier molecular flexibility index (Phi) is 6.08. The number of benzene rings is 3. The van der Waals surface area contributed by atoms with Gasteiger partial charge in [-0.3, -0.25) is 4.79 Å². The van der Waals surface area contributed by atoms with Gasteiger partial charge in [0.05, 0.1) is 12.7 Å². The lowest BCUT2D eigenvalue weighted by atomic mass is 9.96. The average molecular weight is 391 g/mol. The molecule has 0 radical (unpaired) electrons. The van der Waals surface area contributed by atoms with Crippen molar-refractivity contribution in [2.75, 3.05) is 26.4 Å². The van der Waals surface area contributed by atoms with E-state index in [0.29, 0.717) is 18.8 Å². The van der Waals surface area contributed by atoms with Crippen LogP contribution in [0.4, 0.5) is 0 Å². The molecule has 1 heterocycles. The van der Waals surface area contributed by atoms with Gasteiger partial charge in [-0.15, -0.1) is 0 Å². The summed E-state index contributed by atoms with van der Waals surface area (Å²) in [5.74, 6) is 0.385. The lowest BCUT2D eigenvalue weighted by Crippen LogP contribution is -2.25. The van der Waals surface area contributed by atoms with Gasteiger partial charge >= 0.3 is 0 Å². The summed E-state index contributed by atoms with van der Waals surface area (Å²) >= 11 is 0. The Morgan fingerprint density at radius 3 is 2.55 bits per heavy atom. The molecule has 1 fully saturated rings. The van der Waals surface area contributed by atoms with Crippen molar-refractivity contribution < 1.29 is 19.0 Å². The molecule has 29 heavy (non-hydrogen) atoms. The van der Waals surface area contributed by atoms with Gasteiger partial charge in [0, 0.05) is 18.8 Å². The number of carbonyl (C=O) groups excluding carboxylic acids is 1. The maximum absolute atomic E-state index is 11.6. The SMILES string of the molecule is NC(=O)c1ccc2cccc(-c3ccc(OCCOC4CCOCC4)cc3)c2c1. The summed E-state index contributed by atoms with van der Waals surface area (Å²) in [5, 5.41) is 2.07. The highest BCUT2D eigenvalue weighted by atomic mass is 16.5. The molecule has 5 nitrogen and oxygen atoms in total.